The van der Waals surface area contributed by atoms with Gasteiger partial charge in [0.2, 0.25) is 6.79 Å². The summed E-state index contributed by atoms with van der Waals surface area (Å²) in [5.41, 5.74) is 2.43. The van der Waals surface area contributed by atoms with Gasteiger partial charge in [0.25, 0.3) is 11.7 Å². The number of anilines is 1. The number of Topliss-reactive ketones (excluding diaryl/α,β-unsaturated/α-hetero) is 1. The number of carbonyl (C=O) groups is 2. The van der Waals surface area contributed by atoms with Crippen LogP contribution in [0.25, 0.3) is 5.76 Å². The Hall–Kier alpha value is -4.37. The molecule has 0 saturated carbocycles. The van der Waals surface area contributed by atoms with Gasteiger partial charge in [0.15, 0.2) is 11.5 Å². The van der Waals surface area contributed by atoms with Crippen LogP contribution in [-0.4, -0.2) is 56.8 Å². The van der Waals surface area contributed by atoms with Gasteiger partial charge in [-0.25, -0.2) is 0 Å². The van der Waals surface area contributed by atoms with Crippen LogP contribution in [0.1, 0.15) is 22.7 Å². The number of aliphatic hydroxyl groups excluding tert-OH is 1. The minimum absolute atomic E-state index is 0.0714. The molecule has 1 amide bonds. The number of benzene rings is 3. The summed E-state index contributed by atoms with van der Waals surface area (Å²) in [7, 11) is 6.72. The normalized spacial score (nSPS) is 17.5. The summed E-state index contributed by atoms with van der Waals surface area (Å²) in [4.78, 5) is 30.4. The second-order valence-corrected chi connectivity index (χ2v) is 9.69. The summed E-state index contributed by atoms with van der Waals surface area (Å²) in [6.45, 7) is 0.215. The molecule has 1 atom stereocenters. The average molecular weight is 551 g/mol. The number of carbonyl (C=O) groups excluding carboxylic acids is 2. The standard InChI is InChI=1S/C29H27ClN2O7/c1-31(2)18-8-6-17(7-9-18)26-25(27(33)19-12-20(30)23(37-4)13-22(19)36-3)28(34)29(35)32(26)14-16-5-10-21-24(11-16)39-15-38-21/h5-13,26,33H,14-15H2,1-4H3/b27-25+. The highest BCUT2D eigenvalue weighted by molar-refractivity contribution is 6.46. The van der Waals surface area contributed by atoms with Crippen LogP contribution >= 0.6 is 11.6 Å². The quantitative estimate of drug-likeness (QED) is 0.255. The molecule has 0 aliphatic carbocycles. The minimum Gasteiger partial charge on any atom is -0.507 e. The number of fused-ring (bicyclic) bond motifs is 1. The molecule has 5 rings (SSSR count). The molecule has 1 fully saturated rings. The summed E-state index contributed by atoms with van der Waals surface area (Å²) < 4.78 is 21.6. The largest absolute Gasteiger partial charge is 0.507 e. The summed E-state index contributed by atoms with van der Waals surface area (Å²) in [5.74, 6) is -0.210. The van der Waals surface area contributed by atoms with Crippen molar-refractivity contribution in [2.24, 2.45) is 0 Å². The second kappa shape index (κ2) is 10.4. The van der Waals surface area contributed by atoms with Gasteiger partial charge < -0.3 is 33.9 Å². The van der Waals surface area contributed by atoms with Crippen molar-refractivity contribution in [3.8, 4) is 23.0 Å². The molecular weight excluding hydrogens is 524 g/mol. The monoisotopic (exact) mass is 550 g/mol. The molecule has 3 aromatic rings. The number of ketones is 1. The van der Waals surface area contributed by atoms with Gasteiger partial charge in [0, 0.05) is 32.4 Å². The predicted molar refractivity (Wildman–Crippen MR) is 146 cm³/mol. The zero-order valence-electron chi connectivity index (χ0n) is 21.9. The lowest BCUT2D eigenvalue weighted by Gasteiger charge is -2.26. The second-order valence-electron chi connectivity index (χ2n) is 9.29. The number of amides is 1. The third kappa shape index (κ3) is 4.70. The predicted octanol–water partition coefficient (Wildman–Crippen LogP) is 4.77. The molecular formula is C29H27ClN2O7. The first-order valence-electron chi connectivity index (χ1n) is 12.1. The number of aliphatic hydroxyl groups is 1. The van der Waals surface area contributed by atoms with E-state index < -0.39 is 23.5 Å². The van der Waals surface area contributed by atoms with Gasteiger partial charge >= 0.3 is 0 Å². The van der Waals surface area contributed by atoms with Crippen LogP contribution in [0.2, 0.25) is 5.02 Å². The van der Waals surface area contributed by atoms with Crippen molar-refractivity contribution in [2.75, 3.05) is 40.0 Å². The smallest absolute Gasteiger partial charge is 0.295 e. The first-order valence-corrected chi connectivity index (χ1v) is 12.5. The van der Waals surface area contributed by atoms with Crippen molar-refractivity contribution < 1.29 is 33.6 Å². The average Bonchev–Trinajstić information content (AvgIpc) is 3.50. The van der Waals surface area contributed by atoms with Gasteiger partial charge in [0.1, 0.15) is 17.3 Å². The molecule has 1 saturated heterocycles. The Morgan fingerprint density at radius 2 is 1.69 bits per heavy atom. The topological polar surface area (TPSA) is 97.8 Å². The van der Waals surface area contributed by atoms with E-state index in [-0.39, 0.29) is 35.2 Å². The zero-order chi connectivity index (χ0) is 27.8. The molecule has 9 nitrogen and oxygen atoms in total. The van der Waals surface area contributed by atoms with E-state index in [1.807, 2.05) is 49.3 Å². The fraction of sp³-hybridized carbons (Fsp3) is 0.241. The Kier molecular flexibility index (Phi) is 7.01. The number of rotatable bonds is 7. The van der Waals surface area contributed by atoms with E-state index in [9.17, 15) is 14.7 Å². The fourth-order valence-corrected chi connectivity index (χ4v) is 5.01. The van der Waals surface area contributed by atoms with Crippen molar-refractivity contribution in [1.29, 1.82) is 0 Å². The van der Waals surface area contributed by atoms with E-state index in [1.54, 1.807) is 12.1 Å². The number of hydrogen-bond donors (Lipinski definition) is 1. The van der Waals surface area contributed by atoms with Crippen LogP contribution in [0.3, 0.4) is 0 Å². The van der Waals surface area contributed by atoms with E-state index in [4.69, 9.17) is 30.5 Å². The van der Waals surface area contributed by atoms with Gasteiger partial charge in [-0.15, -0.1) is 0 Å². The molecule has 39 heavy (non-hydrogen) atoms. The molecule has 1 N–H and O–H groups in total. The van der Waals surface area contributed by atoms with E-state index in [2.05, 4.69) is 0 Å². The molecule has 0 bridgehead atoms. The summed E-state index contributed by atoms with van der Waals surface area (Å²) in [6.07, 6.45) is 0. The van der Waals surface area contributed by atoms with Crippen molar-refractivity contribution in [2.45, 2.75) is 12.6 Å². The van der Waals surface area contributed by atoms with Crippen LogP contribution in [0.5, 0.6) is 23.0 Å². The first kappa shape index (κ1) is 26.2. The molecule has 2 aliphatic rings. The Labute approximate surface area is 230 Å². The lowest BCUT2D eigenvalue weighted by molar-refractivity contribution is -0.140. The minimum atomic E-state index is -0.878. The third-order valence-corrected chi connectivity index (χ3v) is 7.08. The summed E-state index contributed by atoms with van der Waals surface area (Å²) >= 11 is 6.35. The maximum atomic E-state index is 13.5. The summed E-state index contributed by atoms with van der Waals surface area (Å²) in [6, 6.07) is 14.9. The lowest BCUT2D eigenvalue weighted by atomic mass is 9.94. The zero-order valence-corrected chi connectivity index (χ0v) is 22.6. The van der Waals surface area contributed by atoms with Gasteiger partial charge in [-0.2, -0.15) is 0 Å². The fourth-order valence-electron chi connectivity index (χ4n) is 4.77. The van der Waals surface area contributed by atoms with Crippen molar-refractivity contribution >= 4 is 34.7 Å². The first-order chi connectivity index (χ1) is 18.7. The number of halogens is 1. The molecule has 1 unspecified atom stereocenters. The Morgan fingerprint density at radius 1 is 1.00 bits per heavy atom. The van der Waals surface area contributed by atoms with Crippen molar-refractivity contribution in [1.82, 2.24) is 4.90 Å². The van der Waals surface area contributed by atoms with Gasteiger partial charge in [0.05, 0.1) is 36.4 Å². The highest BCUT2D eigenvalue weighted by Crippen LogP contribution is 2.44. The molecule has 202 valence electrons. The van der Waals surface area contributed by atoms with Crippen LogP contribution in [0.4, 0.5) is 5.69 Å². The highest BCUT2D eigenvalue weighted by Gasteiger charge is 2.46. The molecule has 10 heteroatoms. The van der Waals surface area contributed by atoms with E-state index >= 15 is 0 Å². The third-order valence-electron chi connectivity index (χ3n) is 6.78. The Morgan fingerprint density at radius 3 is 2.36 bits per heavy atom. The number of ether oxygens (including phenoxy) is 4. The van der Waals surface area contributed by atoms with E-state index in [1.165, 1.54) is 31.3 Å². The van der Waals surface area contributed by atoms with E-state index in [0.29, 0.717) is 22.8 Å². The lowest BCUT2D eigenvalue weighted by Crippen LogP contribution is -2.29. The number of methoxy groups -OCH3 is 2. The molecule has 2 aliphatic heterocycles. The number of nitrogens with zero attached hydrogens (tertiary/aromatic N) is 2. The molecule has 0 aromatic heterocycles. The molecule has 3 aromatic carbocycles. The Balaban J connectivity index is 1.65. The van der Waals surface area contributed by atoms with Crippen LogP contribution in [0, 0.1) is 0 Å². The molecule has 0 spiro atoms. The number of likely N-dealkylation sites (tertiary alicyclic amines) is 1. The maximum Gasteiger partial charge on any atom is 0.295 e. The SMILES string of the molecule is COc1cc(OC)c(/C(O)=C2\C(=O)C(=O)N(Cc3ccc4c(c3)OCO4)C2c2ccc(N(C)C)cc2)cc1Cl. The van der Waals surface area contributed by atoms with Gasteiger partial charge in [-0.1, -0.05) is 29.8 Å². The summed E-state index contributed by atoms with van der Waals surface area (Å²) in [5, 5.41) is 11.8. The van der Waals surface area contributed by atoms with Crippen molar-refractivity contribution in [3.05, 3.63) is 81.9 Å². The molecule has 0 radical (unpaired) electrons. The van der Waals surface area contributed by atoms with Gasteiger partial charge in [-0.05, 0) is 41.5 Å². The maximum absolute atomic E-state index is 13.5. The Bertz CT molecular complexity index is 1480. The molecule has 2 heterocycles. The van der Waals surface area contributed by atoms with Crippen LogP contribution in [-0.2, 0) is 16.1 Å². The van der Waals surface area contributed by atoms with Crippen LogP contribution in [0.15, 0.2) is 60.2 Å². The van der Waals surface area contributed by atoms with Crippen LogP contribution < -0.4 is 23.8 Å². The number of hydrogen-bond acceptors (Lipinski definition) is 8. The highest BCUT2D eigenvalue weighted by atomic mass is 35.5. The van der Waals surface area contributed by atoms with E-state index in [0.717, 1.165) is 11.3 Å². The van der Waals surface area contributed by atoms with Gasteiger partial charge in [-0.3, -0.25) is 9.59 Å². The van der Waals surface area contributed by atoms with Crippen molar-refractivity contribution in [3.63, 3.8) is 0 Å².